The molecule has 3 aromatic heterocycles. The van der Waals surface area contributed by atoms with Crippen LogP contribution in [0.5, 0.6) is 0 Å². The summed E-state index contributed by atoms with van der Waals surface area (Å²) in [4.78, 5) is 32.6. The summed E-state index contributed by atoms with van der Waals surface area (Å²) in [7, 11) is 0. The fourth-order valence-corrected chi connectivity index (χ4v) is 5.87. The SMILES string of the molecule is CCOC(=O)C1=C(C)N=c2s/c(=C\c3cccs3)c(=O)n2[C@@H]1c1ccc(-c2ccc(Br)cc2)o1. The van der Waals surface area contributed by atoms with Crippen LogP contribution in [0.1, 0.15) is 30.5 Å². The van der Waals surface area contributed by atoms with Crippen molar-refractivity contribution in [3.8, 4) is 11.3 Å². The highest BCUT2D eigenvalue weighted by Gasteiger charge is 2.35. The third-order valence-electron chi connectivity index (χ3n) is 5.36. The first-order valence-electron chi connectivity index (χ1n) is 10.5. The lowest BCUT2D eigenvalue weighted by Crippen LogP contribution is -2.39. The lowest BCUT2D eigenvalue weighted by molar-refractivity contribution is -0.139. The Kier molecular flexibility index (Phi) is 6.24. The van der Waals surface area contributed by atoms with Crippen LogP contribution in [-0.4, -0.2) is 17.1 Å². The predicted octanol–water partition coefficient (Wildman–Crippen LogP) is 4.88. The Labute approximate surface area is 211 Å². The summed E-state index contributed by atoms with van der Waals surface area (Å²) in [6.45, 7) is 3.72. The first-order chi connectivity index (χ1) is 16.5. The van der Waals surface area contributed by atoms with Gasteiger partial charge in [0.05, 0.1) is 22.4 Å². The summed E-state index contributed by atoms with van der Waals surface area (Å²) in [5.74, 6) is 0.600. The van der Waals surface area contributed by atoms with Crippen molar-refractivity contribution in [3.63, 3.8) is 0 Å². The number of hydrogen-bond donors (Lipinski definition) is 0. The second kappa shape index (κ2) is 9.32. The maximum Gasteiger partial charge on any atom is 0.338 e. The number of rotatable bonds is 5. The lowest BCUT2D eigenvalue weighted by atomic mass is 10.0. The van der Waals surface area contributed by atoms with Gasteiger partial charge in [0.25, 0.3) is 5.56 Å². The molecule has 0 unspecified atom stereocenters. The molecule has 0 N–H and O–H groups in total. The van der Waals surface area contributed by atoms with E-state index in [0.717, 1.165) is 14.9 Å². The van der Waals surface area contributed by atoms with E-state index in [4.69, 9.17) is 9.15 Å². The predicted molar refractivity (Wildman–Crippen MR) is 137 cm³/mol. The van der Waals surface area contributed by atoms with Crippen molar-refractivity contribution in [2.24, 2.45) is 4.99 Å². The molecule has 0 amide bonds. The van der Waals surface area contributed by atoms with Gasteiger partial charge < -0.3 is 9.15 Å². The van der Waals surface area contributed by atoms with E-state index in [2.05, 4.69) is 20.9 Å². The second-order valence-electron chi connectivity index (χ2n) is 7.53. The van der Waals surface area contributed by atoms with Crippen molar-refractivity contribution < 1.29 is 13.9 Å². The summed E-state index contributed by atoms with van der Waals surface area (Å²) >= 11 is 6.29. The number of fused-ring (bicyclic) bond motifs is 1. The molecule has 0 bridgehead atoms. The number of thiazole rings is 1. The molecule has 5 rings (SSSR count). The summed E-state index contributed by atoms with van der Waals surface area (Å²) in [5, 5.41) is 1.96. The van der Waals surface area contributed by atoms with Gasteiger partial charge >= 0.3 is 5.97 Å². The smallest absolute Gasteiger partial charge is 0.338 e. The number of ether oxygens (including phenoxy) is 1. The van der Waals surface area contributed by atoms with Crippen molar-refractivity contribution in [2.45, 2.75) is 19.9 Å². The fraction of sp³-hybridized carbons (Fsp3) is 0.160. The summed E-state index contributed by atoms with van der Waals surface area (Å²) < 4.78 is 14.6. The van der Waals surface area contributed by atoms with Crippen LogP contribution in [-0.2, 0) is 9.53 Å². The van der Waals surface area contributed by atoms with Crippen LogP contribution in [0.25, 0.3) is 17.4 Å². The number of allylic oxidation sites excluding steroid dienone is 1. The number of halogens is 1. The highest BCUT2D eigenvalue weighted by atomic mass is 79.9. The van der Waals surface area contributed by atoms with Crippen molar-refractivity contribution in [1.82, 2.24) is 4.57 Å². The molecular weight excluding hydrogens is 536 g/mol. The molecule has 34 heavy (non-hydrogen) atoms. The number of furan rings is 1. The minimum atomic E-state index is -0.773. The number of thiophene rings is 1. The Morgan fingerprint density at radius 2 is 2.03 bits per heavy atom. The number of carbonyl (C=O) groups excluding carboxylic acids is 1. The zero-order valence-electron chi connectivity index (χ0n) is 18.3. The van der Waals surface area contributed by atoms with Gasteiger partial charge in [0.2, 0.25) is 0 Å². The molecule has 0 saturated heterocycles. The van der Waals surface area contributed by atoms with Gasteiger partial charge in [-0.25, -0.2) is 9.79 Å². The first kappa shape index (κ1) is 22.8. The Bertz CT molecular complexity index is 1570. The zero-order valence-corrected chi connectivity index (χ0v) is 21.5. The van der Waals surface area contributed by atoms with Crippen LogP contribution in [0.15, 0.2) is 83.9 Å². The van der Waals surface area contributed by atoms with Gasteiger partial charge in [0.1, 0.15) is 17.6 Å². The van der Waals surface area contributed by atoms with Crippen LogP contribution in [0.4, 0.5) is 0 Å². The molecule has 4 aromatic rings. The van der Waals surface area contributed by atoms with Crippen molar-refractivity contribution in [1.29, 1.82) is 0 Å². The largest absolute Gasteiger partial charge is 0.463 e. The normalized spacial score (nSPS) is 15.9. The second-order valence-corrected chi connectivity index (χ2v) is 10.4. The monoisotopic (exact) mass is 554 g/mol. The molecule has 1 aliphatic rings. The molecule has 9 heteroatoms. The van der Waals surface area contributed by atoms with Gasteiger partial charge in [-0.3, -0.25) is 9.36 Å². The maximum absolute atomic E-state index is 13.5. The molecule has 1 aromatic carbocycles. The minimum absolute atomic E-state index is 0.216. The first-order valence-corrected chi connectivity index (χ1v) is 13.0. The Hall–Kier alpha value is -3.01. The third-order valence-corrected chi connectivity index (χ3v) is 7.69. The number of aromatic nitrogens is 1. The van der Waals surface area contributed by atoms with Crippen molar-refractivity contribution in [2.75, 3.05) is 6.61 Å². The molecule has 0 saturated carbocycles. The average Bonchev–Trinajstić information content (AvgIpc) is 3.56. The van der Waals surface area contributed by atoms with E-state index in [9.17, 15) is 9.59 Å². The molecule has 0 aliphatic carbocycles. The molecule has 0 radical (unpaired) electrons. The standard InChI is InChI=1S/C25H19BrN2O4S2/c1-3-31-24(30)21-14(2)27-25-28(23(29)20(34-25)13-17-5-4-12-33-17)22(21)19-11-10-18(32-19)15-6-8-16(26)9-7-15/h4-13,22H,3H2,1-2H3/b20-13-/t22-/m1/s1. The minimum Gasteiger partial charge on any atom is -0.463 e. The number of benzene rings is 1. The number of esters is 1. The van der Waals surface area contributed by atoms with Gasteiger partial charge in [-0.1, -0.05) is 45.5 Å². The van der Waals surface area contributed by atoms with E-state index in [-0.39, 0.29) is 12.2 Å². The van der Waals surface area contributed by atoms with Gasteiger partial charge in [0.15, 0.2) is 4.80 Å². The van der Waals surface area contributed by atoms with Gasteiger partial charge in [-0.05, 0) is 55.6 Å². The molecule has 6 nitrogen and oxygen atoms in total. The Morgan fingerprint density at radius 3 is 2.74 bits per heavy atom. The van der Waals surface area contributed by atoms with Crippen LogP contribution in [0.3, 0.4) is 0 Å². The lowest BCUT2D eigenvalue weighted by Gasteiger charge is -2.22. The highest BCUT2D eigenvalue weighted by molar-refractivity contribution is 9.10. The van der Waals surface area contributed by atoms with E-state index in [1.807, 2.05) is 53.9 Å². The zero-order chi connectivity index (χ0) is 23.8. The molecule has 1 aliphatic heterocycles. The molecule has 0 fully saturated rings. The van der Waals surface area contributed by atoms with Crippen LogP contribution in [0.2, 0.25) is 0 Å². The Balaban J connectivity index is 1.69. The van der Waals surface area contributed by atoms with Crippen molar-refractivity contribution in [3.05, 3.63) is 100.0 Å². The van der Waals surface area contributed by atoms with E-state index < -0.39 is 12.0 Å². The van der Waals surface area contributed by atoms with Gasteiger partial charge in [0, 0.05) is 14.9 Å². The number of hydrogen-bond acceptors (Lipinski definition) is 7. The number of nitrogens with zero attached hydrogens (tertiary/aromatic N) is 2. The topological polar surface area (TPSA) is 73.8 Å². The molecule has 172 valence electrons. The molecular formula is C25H19BrN2O4S2. The van der Waals surface area contributed by atoms with E-state index in [0.29, 0.717) is 32.1 Å². The van der Waals surface area contributed by atoms with Crippen molar-refractivity contribution >= 4 is 50.6 Å². The molecule has 0 spiro atoms. The summed E-state index contributed by atoms with van der Waals surface area (Å²) in [5.41, 5.74) is 1.47. The van der Waals surface area contributed by atoms with E-state index in [1.54, 1.807) is 31.3 Å². The third kappa shape index (κ3) is 4.15. The highest BCUT2D eigenvalue weighted by Crippen LogP contribution is 2.34. The van der Waals surface area contributed by atoms with Gasteiger partial charge in [-0.15, -0.1) is 11.3 Å². The molecule has 4 heterocycles. The maximum atomic E-state index is 13.5. The van der Waals surface area contributed by atoms with E-state index in [1.165, 1.54) is 15.9 Å². The fourth-order valence-electron chi connectivity index (χ4n) is 3.83. The van der Waals surface area contributed by atoms with Crippen LogP contribution >= 0.6 is 38.6 Å². The quantitative estimate of drug-likeness (QED) is 0.329. The van der Waals surface area contributed by atoms with Gasteiger partial charge in [-0.2, -0.15) is 0 Å². The summed E-state index contributed by atoms with van der Waals surface area (Å²) in [6.07, 6.45) is 1.85. The summed E-state index contributed by atoms with van der Waals surface area (Å²) in [6, 6.07) is 14.5. The Morgan fingerprint density at radius 1 is 1.24 bits per heavy atom. The number of carbonyl (C=O) groups is 1. The van der Waals surface area contributed by atoms with Crippen LogP contribution < -0.4 is 14.9 Å². The van der Waals surface area contributed by atoms with Crippen LogP contribution in [0, 0.1) is 0 Å². The average molecular weight is 555 g/mol. The molecule has 1 atom stereocenters. The van der Waals surface area contributed by atoms with E-state index >= 15 is 0 Å².